The fourth-order valence-electron chi connectivity index (χ4n) is 2.09. The summed E-state index contributed by atoms with van der Waals surface area (Å²) < 4.78 is 0. The molecule has 1 atom stereocenters. The average molecular weight is 208 g/mol. The summed E-state index contributed by atoms with van der Waals surface area (Å²) in [4.78, 5) is 0. The van der Waals surface area contributed by atoms with E-state index in [-0.39, 0.29) is 6.04 Å². The highest BCUT2D eigenvalue weighted by Gasteiger charge is 2.19. The molecule has 0 fully saturated rings. The Balaban J connectivity index is 2.09. The molecule has 0 saturated heterocycles. The van der Waals surface area contributed by atoms with Gasteiger partial charge in [0.25, 0.3) is 0 Å². The Morgan fingerprint density at radius 1 is 0.875 bits per heavy atom. The lowest BCUT2D eigenvalue weighted by Gasteiger charge is -2.19. The minimum absolute atomic E-state index is 0.0751. The zero-order valence-electron chi connectivity index (χ0n) is 8.88. The highest BCUT2D eigenvalue weighted by atomic mass is 15.1. The molecule has 2 aromatic rings. The molecule has 0 amide bonds. The molecule has 0 saturated carbocycles. The quantitative estimate of drug-likeness (QED) is 0.682. The average Bonchev–Trinajstić information content (AvgIpc) is 2.39. The lowest BCUT2D eigenvalue weighted by atomic mass is 9.94. The van der Waals surface area contributed by atoms with Crippen LogP contribution in [0.5, 0.6) is 0 Å². The minimum Gasteiger partial charge on any atom is -0.188 e. The standard InChI is InChI=1S/C14H12N2/c1-2-6-11(7-3-1)14-13-9-5-4-8-12(13)10-15-16-14/h1-9,14H,10H2. The van der Waals surface area contributed by atoms with Gasteiger partial charge in [-0.3, -0.25) is 0 Å². The molecule has 0 bridgehead atoms. The number of nitrogens with zero attached hydrogens (tertiary/aromatic N) is 2. The molecule has 2 heteroatoms. The molecule has 0 spiro atoms. The molecule has 0 N–H and O–H groups in total. The summed E-state index contributed by atoms with van der Waals surface area (Å²) in [6.45, 7) is 0.708. The molecule has 0 aromatic heterocycles. The maximum Gasteiger partial charge on any atom is 0.121 e. The smallest absolute Gasteiger partial charge is 0.121 e. The lowest BCUT2D eigenvalue weighted by molar-refractivity contribution is 0.705. The summed E-state index contributed by atoms with van der Waals surface area (Å²) in [5.74, 6) is 0. The molecule has 78 valence electrons. The zero-order valence-corrected chi connectivity index (χ0v) is 8.88. The number of fused-ring (bicyclic) bond motifs is 1. The number of benzene rings is 2. The van der Waals surface area contributed by atoms with E-state index in [0.29, 0.717) is 6.54 Å². The molecule has 1 heterocycles. The highest BCUT2D eigenvalue weighted by molar-refractivity contribution is 5.38. The summed E-state index contributed by atoms with van der Waals surface area (Å²) >= 11 is 0. The van der Waals surface area contributed by atoms with Crippen LogP contribution in [0.25, 0.3) is 0 Å². The van der Waals surface area contributed by atoms with Gasteiger partial charge in [-0.25, -0.2) is 0 Å². The van der Waals surface area contributed by atoms with Crippen molar-refractivity contribution in [2.24, 2.45) is 10.2 Å². The van der Waals surface area contributed by atoms with Crippen LogP contribution in [0.2, 0.25) is 0 Å². The molecule has 0 radical (unpaired) electrons. The number of hydrogen-bond donors (Lipinski definition) is 0. The van der Waals surface area contributed by atoms with E-state index >= 15 is 0 Å². The topological polar surface area (TPSA) is 24.7 Å². The Kier molecular flexibility index (Phi) is 2.26. The molecule has 3 rings (SSSR count). The van der Waals surface area contributed by atoms with Crippen molar-refractivity contribution in [3.8, 4) is 0 Å². The number of azo groups is 1. The number of rotatable bonds is 1. The van der Waals surface area contributed by atoms with E-state index in [1.807, 2.05) is 18.2 Å². The first-order valence-corrected chi connectivity index (χ1v) is 5.44. The third kappa shape index (κ3) is 1.52. The van der Waals surface area contributed by atoms with Crippen LogP contribution in [0.1, 0.15) is 22.7 Å². The Labute approximate surface area is 94.7 Å². The van der Waals surface area contributed by atoms with Gasteiger partial charge in [-0.05, 0) is 16.7 Å². The summed E-state index contributed by atoms with van der Waals surface area (Å²) in [5, 5.41) is 8.57. The van der Waals surface area contributed by atoms with E-state index in [1.165, 1.54) is 16.7 Å². The second-order valence-electron chi connectivity index (χ2n) is 3.93. The molecular formula is C14H12N2. The first kappa shape index (κ1) is 9.28. The van der Waals surface area contributed by atoms with Gasteiger partial charge < -0.3 is 0 Å². The van der Waals surface area contributed by atoms with Crippen LogP contribution in [-0.4, -0.2) is 0 Å². The fourth-order valence-corrected chi connectivity index (χ4v) is 2.09. The van der Waals surface area contributed by atoms with Gasteiger partial charge in [0.05, 0.1) is 6.54 Å². The molecular weight excluding hydrogens is 196 g/mol. The van der Waals surface area contributed by atoms with Crippen LogP contribution in [0, 0.1) is 0 Å². The minimum atomic E-state index is 0.0751. The van der Waals surface area contributed by atoms with Gasteiger partial charge in [-0.15, -0.1) is 0 Å². The van der Waals surface area contributed by atoms with Crippen LogP contribution in [0.15, 0.2) is 64.8 Å². The van der Waals surface area contributed by atoms with Crippen LogP contribution in [0.4, 0.5) is 0 Å². The molecule has 16 heavy (non-hydrogen) atoms. The van der Waals surface area contributed by atoms with Gasteiger partial charge in [-0.2, -0.15) is 10.2 Å². The molecule has 1 aliphatic heterocycles. The maximum atomic E-state index is 4.37. The SMILES string of the molecule is c1ccc(C2N=NCc3ccccc32)cc1. The monoisotopic (exact) mass is 208 g/mol. The maximum absolute atomic E-state index is 4.37. The van der Waals surface area contributed by atoms with E-state index in [1.54, 1.807) is 0 Å². The first-order chi connectivity index (χ1) is 7.95. The van der Waals surface area contributed by atoms with Crippen molar-refractivity contribution in [1.29, 1.82) is 0 Å². The van der Waals surface area contributed by atoms with Crippen molar-refractivity contribution in [3.63, 3.8) is 0 Å². The molecule has 2 aromatic carbocycles. The second kappa shape index (κ2) is 3.89. The fraction of sp³-hybridized carbons (Fsp3) is 0.143. The van der Waals surface area contributed by atoms with E-state index in [4.69, 9.17) is 0 Å². The van der Waals surface area contributed by atoms with Crippen molar-refractivity contribution in [2.45, 2.75) is 12.6 Å². The Hall–Kier alpha value is -1.96. The predicted molar refractivity (Wildman–Crippen MR) is 63.3 cm³/mol. The van der Waals surface area contributed by atoms with E-state index in [0.717, 1.165) is 0 Å². The Morgan fingerprint density at radius 2 is 1.62 bits per heavy atom. The number of hydrogen-bond acceptors (Lipinski definition) is 2. The summed E-state index contributed by atoms with van der Waals surface area (Å²) in [7, 11) is 0. The van der Waals surface area contributed by atoms with Gasteiger partial charge in [0, 0.05) is 0 Å². The summed E-state index contributed by atoms with van der Waals surface area (Å²) in [5.41, 5.74) is 3.77. The molecule has 1 aliphatic rings. The third-order valence-corrected chi connectivity index (χ3v) is 2.90. The van der Waals surface area contributed by atoms with Gasteiger partial charge >= 0.3 is 0 Å². The van der Waals surface area contributed by atoms with Crippen LogP contribution in [0.3, 0.4) is 0 Å². The van der Waals surface area contributed by atoms with Crippen molar-refractivity contribution in [3.05, 3.63) is 71.3 Å². The third-order valence-electron chi connectivity index (χ3n) is 2.90. The Bertz CT molecular complexity index is 517. The zero-order chi connectivity index (χ0) is 10.8. The van der Waals surface area contributed by atoms with Crippen molar-refractivity contribution in [1.82, 2.24) is 0 Å². The van der Waals surface area contributed by atoms with Crippen molar-refractivity contribution in [2.75, 3.05) is 0 Å². The lowest BCUT2D eigenvalue weighted by Crippen LogP contribution is -2.05. The molecule has 1 unspecified atom stereocenters. The van der Waals surface area contributed by atoms with Crippen LogP contribution < -0.4 is 0 Å². The summed E-state index contributed by atoms with van der Waals surface area (Å²) in [6, 6.07) is 18.8. The van der Waals surface area contributed by atoms with E-state index < -0.39 is 0 Å². The second-order valence-corrected chi connectivity index (χ2v) is 3.93. The van der Waals surface area contributed by atoms with Crippen LogP contribution in [-0.2, 0) is 6.54 Å². The van der Waals surface area contributed by atoms with Gasteiger partial charge in [0.1, 0.15) is 6.04 Å². The normalized spacial score (nSPS) is 18.1. The van der Waals surface area contributed by atoms with Crippen molar-refractivity contribution < 1.29 is 0 Å². The first-order valence-electron chi connectivity index (χ1n) is 5.44. The van der Waals surface area contributed by atoms with Gasteiger partial charge in [-0.1, -0.05) is 54.6 Å². The van der Waals surface area contributed by atoms with Gasteiger partial charge in [0.2, 0.25) is 0 Å². The van der Waals surface area contributed by atoms with E-state index in [9.17, 15) is 0 Å². The highest BCUT2D eigenvalue weighted by Crippen LogP contribution is 2.32. The van der Waals surface area contributed by atoms with E-state index in [2.05, 4.69) is 46.6 Å². The van der Waals surface area contributed by atoms with Crippen molar-refractivity contribution >= 4 is 0 Å². The molecule has 2 nitrogen and oxygen atoms in total. The van der Waals surface area contributed by atoms with Gasteiger partial charge in [0.15, 0.2) is 0 Å². The molecule has 0 aliphatic carbocycles. The predicted octanol–water partition coefficient (Wildman–Crippen LogP) is 3.74. The largest absolute Gasteiger partial charge is 0.188 e. The Morgan fingerprint density at radius 3 is 2.50 bits per heavy atom. The summed E-state index contributed by atoms with van der Waals surface area (Å²) in [6.07, 6.45) is 0. The van der Waals surface area contributed by atoms with Crippen LogP contribution >= 0.6 is 0 Å².